The van der Waals surface area contributed by atoms with E-state index in [-0.39, 0.29) is 0 Å². The number of aromatic nitrogens is 4. The lowest BCUT2D eigenvalue weighted by Gasteiger charge is -1.96. The summed E-state index contributed by atoms with van der Waals surface area (Å²) in [7, 11) is 2.03. The Balaban J connectivity index is 1.67. The smallest absolute Gasteiger partial charge is 0.213 e. The van der Waals surface area contributed by atoms with Crippen molar-refractivity contribution in [3.05, 3.63) is 52.4 Å². The third-order valence-electron chi connectivity index (χ3n) is 4.04. The van der Waals surface area contributed by atoms with Gasteiger partial charge in [-0.1, -0.05) is 22.9 Å². The van der Waals surface area contributed by atoms with Crippen molar-refractivity contribution in [2.75, 3.05) is 0 Å². The van der Waals surface area contributed by atoms with Gasteiger partial charge in [-0.2, -0.15) is 16.4 Å². The van der Waals surface area contributed by atoms with Gasteiger partial charge in [0, 0.05) is 45.7 Å². The van der Waals surface area contributed by atoms with Gasteiger partial charge in [0.05, 0.1) is 11.9 Å². The molecule has 0 atom stereocenters. The Morgan fingerprint density at radius 1 is 1.17 bits per heavy atom. The van der Waals surface area contributed by atoms with Gasteiger partial charge in [0.25, 0.3) is 0 Å². The van der Waals surface area contributed by atoms with Gasteiger partial charge in [-0.25, -0.2) is 9.50 Å². The summed E-state index contributed by atoms with van der Waals surface area (Å²) in [5.41, 5.74) is 4.32. The molecule has 4 nitrogen and oxygen atoms in total. The second-order valence-corrected chi connectivity index (χ2v) is 7.76. The number of nitrogens with zero attached hydrogens (tertiary/aromatic N) is 4. The summed E-state index contributed by atoms with van der Waals surface area (Å²) in [5, 5.41) is 11.7. The van der Waals surface area contributed by atoms with E-state index in [9.17, 15) is 0 Å². The van der Waals surface area contributed by atoms with Crippen molar-refractivity contribution in [3.8, 4) is 21.8 Å². The number of benzene rings is 1. The van der Waals surface area contributed by atoms with Gasteiger partial charge in [0.1, 0.15) is 5.01 Å². The average Bonchev–Trinajstić information content (AvgIpc) is 3.28. The number of rotatable bonds is 2. The number of hydrogen-bond donors (Lipinski definition) is 0. The first-order valence-electron chi connectivity index (χ1n) is 7.33. The Morgan fingerprint density at radius 2 is 2.08 bits per heavy atom. The Morgan fingerprint density at radius 3 is 2.88 bits per heavy atom. The molecule has 5 aromatic rings. The van der Waals surface area contributed by atoms with Crippen LogP contribution in [0.15, 0.2) is 47.4 Å². The maximum absolute atomic E-state index is 6.18. The van der Waals surface area contributed by atoms with Crippen LogP contribution >= 0.6 is 34.3 Å². The summed E-state index contributed by atoms with van der Waals surface area (Å²) in [5.74, 6) is 0. The maximum Gasteiger partial charge on any atom is 0.213 e. The minimum Gasteiger partial charge on any atom is -0.350 e. The molecule has 24 heavy (non-hydrogen) atoms. The monoisotopic (exact) mass is 370 g/mol. The molecule has 0 fully saturated rings. The minimum atomic E-state index is 0.732. The van der Waals surface area contributed by atoms with E-state index in [0.717, 1.165) is 42.7 Å². The van der Waals surface area contributed by atoms with E-state index in [4.69, 9.17) is 21.7 Å². The van der Waals surface area contributed by atoms with Crippen molar-refractivity contribution in [3.63, 3.8) is 0 Å². The number of thiophene rings is 1. The summed E-state index contributed by atoms with van der Waals surface area (Å²) in [6.07, 6.45) is 4.08. The summed E-state index contributed by atoms with van der Waals surface area (Å²) < 4.78 is 3.96. The molecule has 0 saturated carbocycles. The number of halogens is 1. The van der Waals surface area contributed by atoms with E-state index in [1.165, 1.54) is 0 Å². The summed E-state index contributed by atoms with van der Waals surface area (Å²) in [6, 6.07) is 8.02. The zero-order valence-electron chi connectivity index (χ0n) is 12.6. The molecular formula is C17H11ClN4S2. The van der Waals surface area contributed by atoms with Crippen LogP contribution in [0.25, 0.3) is 37.7 Å². The van der Waals surface area contributed by atoms with Gasteiger partial charge >= 0.3 is 0 Å². The lowest BCUT2D eigenvalue weighted by Crippen LogP contribution is -1.82. The highest BCUT2D eigenvalue weighted by atomic mass is 35.5. The van der Waals surface area contributed by atoms with Crippen LogP contribution < -0.4 is 0 Å². The van der Waals surface area contributed by atoms with E-state index in [2.05, 4.69) is 27.6 Å². The van der Waals surface area contributed by atoms with E-state index in [1.807, 2.05) is 36.0 Å². The average molecular weight is 371 g/mol. The summed E-state index contributed by atoms with van der Waals surface area (Å²) in [4.78, 5) is 5.59. The molecule has 0 aliphatic carbocycles. The van der Waals surface area contributed by atoms with Crippen LogP contribution in [-0.2, 0) is 7.05 Å². The van der Waals surface area contributed by atoms with E-state index in [1.54, 1.807) is 22.7 Å². The molecule has 0 amide bonds. The van der Waals surface area contributed by atoms with Crippen LogP contribution in [0, 0.1) is 0 Å². The van der Waals surface area contributed by atoms with Crippen molar-refractivity contribution in [2.45, 2.75) is 0 Å². The van der Waals surface area contributed by atoms with E-state index in [0.29, 0.717) is 0 Å². The van der Waals surface area contributed by atoms with Gasteiger partial charge in [-0.15, -0.1) is 0 Å². The molecule has 118 valence electrons. The quantitative estimate of drug-likeness (QED) is 0.421. The second kappa shape index (κ2) is 5.17. The fraction of sp³-hybridized carbons (Fsp3) is 0.0588. The molecule has 0 aliphatic rings. The molecule has 0 bridgehead atoms. The third kappa shape index (κ3) is 2.11. The SMILES string of the molecule is Cn1cc(-c2nn3cc(-c4ccsc4)nc3s2)c2cc(Cl)ccc21. The first kappa shape index (κ1) is 14.2. The molecule has 0 N–H and O–H groups in total. The molecular weight excluding hydrogens is 360 g/mol. The van der Waals surface area contributed by atoms with E-state index >= 15 is 0 Å². The Hall–Kier alpha value is -2.15. The molecule has 0 aliphatic heterocycles. The van der Waals surface area contributed by atoms with Gasteiger partial charge in [-0.3, -0.25) is 0 Å². The van der Waals surface area contributed by atoms with Gasteiger partial charge in [0.15, 0.2) is 0 Å². The predicted octanol–water partition coefficient (Wildman–Crippen LogP) is 5.33. The Bertz CT molecular complexity index is 1150. The number of aryl methyl sites for hydroxylation is 1. The van der Waals surface area contributed by atoms with Crippen LogP contribution in [0.1, 0.15) is 0 Å². The third-order valence-corrected chi connectivity index (χ3v) is 5.92. The molecule has 0 unspecified atom stereocenters. The zero-order valence-corrected chi connectivity index (χ0v) is 15.0. The molecule has 4 heterocycles. The van der Waals surface area contributed by atoms with Crippen molar-refractivity contribution in [2.24, 2.45) is 7.05 Å². The Kier molecular flexibility index (Phi) is 3.06. The fourth-order valence-electron chi connectivity index (χ4n) is 2.89. The highest BCUT2D eigenvalue weighted by molar-refractivity contribution is 7.20. The Labute approximate surface area is 150 Å². The van der Waals surface area contributed by atoms with Crippen LogP contribution in [0.4, 0.5) is 0 Å². The van der Waals surface area contributed by atoms with Crippen LogP contribution in [0.2, 0.25) is 5.02 Å². The minimum absolute atomic E-state index is 0.732. The van der Waals surface area contributed by atoms with Gasteiger partial charge in [-0.05, 0) is 29.6 Å². The predicted molar refractivity (Wildman–Crippen MR) is 101 cm³/mol. The lowest BCUT2D eigenvalue weighted by molar-refractivity contribution is 0.961. The summed E-state index contributed by atoms with van der Waals surface area (Å²) in [6.45, 7) is 0. The first-order chi connectivity index (χ1) is 11.7. The maximum atomic E-state index is 6.18. The molecule has 4 aromatic heterocycles. The van der Waals surface area contributed by atoms with Crippen molar-refractivity contribution in [1.29, 1.82) is 0 Å². The number of hydrogen-bond acceptors (Lipinski definition) is 4. The molecule has 0 spiro atoms. The highest BCUT2D eigenvalue weighted by Gasteiger charge is 2.15. The standard InChI is InChI=1S/C17H11ClN4S2/c1-21-7-13(12-6-11(18)2-3-15(12)21)16-20-22-8-14(19-17(22)24-16)10-4-5-23-9-10/h2-9H,1H3. The topological polar surface area (TPSA) is 35.1 Å². The van der Waals surface area contributed by atoms with Crippen molar-refractivity contribution < 1.29 is 0 Å². The van der Waals surface area contributed by atoms with Crippen molar-refractivity contribution >= 4 is 50.1 Å². The number of fused-ring (bicyclic) bond motifs is 2. The molecule has 1 aromatic carbocycles. The highest BCUT2D eigenvalue weighted by Crippen LogP contribution is 2.35. The van der Waals surface area contributed by atoms with Gasteiger partial charge < -0.3 is 4.57 Å². The fourth-order valence-corrected chi connectivity index (χ4v) is 4.62. The van der Waals surface area contributed by atoms with Gasteiger partial charge in [0.2, 0.25) is 4.96 Å². The summed E-state index contributed by atoms with van der Waals surface area (Å²) >= 11 is 9.44. The molecule has 7 heteroatoms. The molecule has 0 saturated heterocycles. The number of imidazole rings is 1. The van der Waals surface area contributed by atoms with Crippen LogP contribution in [0.5, 0.6) is 0 Å². The molecule has 5 rings (SSSR count). The van der Waals surface area contributed by atoms with Crippen LogP contribution in [-0.4, -0.2) is 19.2 Å². The normalized spacial score (nSPS) is 11.8. The zero-order chi connectivity index (χ0) is 16.3. The second-order valence-electron chi connectivity index (χ2n) is 5.59. The first-order valence-corrected chi connectivity index (χ1v) is 9.46. The largest absolute Gasteiger partial charge is 0.350 e. The van der Waals surface area contributed by atoms with Crippen LogP contribution in [0.3, 0.4) is 0 Å². The molecule has 0 radical (unpaired) electrons. The van der Waals surface area contributed by atoms with Crippen molar-refractivity contribution in [1.82, 2.24) is 19.2 Å². The van der Waals surface area contributed by atoms with E-state index < -0.39 is 0 Å². The lowest BCUT2D eigenvalue weighted by atomic mass is 10.2.